The molecule has 0 radical (unpaired) electrons. The highest BCUT2D eigenvalue weighted by Gasteiger charge is 2.47. The first-order chi connectivity index (χ1) is 65.1. The standard InChI is InChI=1S/C48H60N8O8.C45H55N7O7.C8H15NO4/c1-9-26(4)40(53-47(59)62-7)45(57)55-21-25(3)15-37(55)43-49-20-36(51-43)30-11-13-32-31(17-30)24-64-39-19-33-29(18-34(32)39)12-14-35-42(33)52-44(50-35)38-16-28(23-61-6)22-56(38)46(58)41(27(5)10-2)54-48(60)63-8;1-9-25(3)38(50-43(54)57-8)42(53)51-20-24(2)14-35(51)40-46-19-34(48-40)28-10-12-30-29(16-28)23-58-37-18-31-27(17-32(30)37)11-13-33-39(31)49-41(47-33)36-15-26(22-56-7)21-52(36)44(55)59-45(4,5)6;1-4-5(2)6(7(10)11)9-8(12)13-3/h11-14,17-20,25-28,37-38,40-41H,9-10,15-16,21-24H2,1-8H3,(H,49,51)(H,50,52)(H,53,59)(H,54,60);10-13,16-19,24-26,35-36,38H,9,14-15,20-23H2,1-8H3,(H,46,48)(H,47,49)(H,50,54);5-6H,4H2,1-3H3,(H,9,12)(H,10,11)/t25-,26?,27-,28-,37?,38-,40-,41-;24-,25-,26-,35?,36-,38-;5?,6-/m000/s1. The number of amides is 8. The van der Waals surface area contributed by atoms with E-state index in [0.717, 1.165) is 155 Å². The number of carbonyl (C=O) groups excluding carboxylic acids is 8. The average molecular weight is 1870 g/mol. The Kier molecular flexibility index (Phi) is 30.9. The van der Waals surface area contributed by atoms with Crippen LogP contribution in [0, 0.1) is 47.3 Å². The number of H-pyrrole nitrogens is 4. The second-order valence-electron chi connectivity index (χ2n) is 38.3. The highest BCUT2D eigenvalue weighted by atomic mass is 16.6. The molecule has 8 amide bonds. The molecule has 728 valence electrons. The van der Waals surface area contributed by atoms with Crippen molar-refractivity contribution in [3.8, 4) is 56.3 Å². The first-order valence-corrected chi connectivity index (χ1v) is 47.2. The molecule has 35 heteroatoms. The molecular formula is C101H130N16O19. The lowest BCUT2D eigenvalue weighted by atomic mass is 9.92. The SMILES string of the molecule is CCC(C)[C@H](NC(=O)OC)C(=O)N1C[C@@H](C)CC1c1ncc(-c2ccc3c(c2)COc2cc4c(ccc5[nH]c([C@@H]6C[C@H](COC)CN6C(=O)[C@@H](NC(=O)OC)[C@@H](C)CC)nc54)cc2-3)[nH]1.CCC(C)[C@H](NC(=O)OC)C(=O)O.CC[C@H](C)[C@H](NC(=O)OC)C(=O)N1C[C@@H](C)CC1c1ncc(-c2ccc3c(c2)COc2cc4c(ccc5[nH]c([C@@H]6C[C@H](COC)CN6C(=O)OC(C)(C)C)nc54)cc2-3)[nH]1. The summed E-state index contributed by atoms with van der Waals surface area (Å²) < 4.78 is 48.6. The number of alkyl carbamates (subject to hydrolysis) is 4. The molecule has 10 aromatic rings. The van der Waals surface area contributed by atoms with Crippen molar-refractivity contribution >= 4 is 97.8 Å². The topological polar surface area (TPSA) is 433 Å². The van der Waals surface area contributed by atoms with Crippen molar-refractivity contribution in [2.24, 2.45) is 47.3 Å². The summed E-state index contributed by atoms with van der Waals surface area (Å²) in [6.45, 7) is 29.3. The molecule has 9 N–H and O–H groups in total. The highest BCUT2D eigenvalue weighted by Crippen LogP contribution is 2.48. The number of aromatic amines is 4. The van der Waals surface area contributed by atoms with Crippen LogP contribution >= 0.6 is 0 Å². The molecule has 0 spiro atoms. The van der Waals surface area contributed by atoms with Gasteiger partial charge in [-0.2, -0.15) is 0 Å². The molecule has 10 heterocycles. The van der Waals surface area contributed by atoms with Crippen LogP contribution in [0.2, 0.25) is 0 Å². The lowest BCUT2D eigenvalue weighted by Gasteiger charge is -2.30. The first kappa shape index (κ1) is 98.9. The molecule has 4 unspecified atom stereocenters. The van der Waals surface area contributed by atoms with Gasteiger partial charge in [0.15, 0.2) is 0 Å². The van der Waals surface area contributed by atoms with E-state index in [1.165, 1.54) is 28.4 Å². The number of benzene rings is 6. The van der Waals surface area contributed by atoms with Crippen LogP contribution in [0.25, 0.3) is 88.4 Å². The molecule has 4 aromatic heterocycles. The number of nitrogens with zero attached hydrogens (tertiary/aromatic N) is 8. The maximum absolute atomic E-state index is 14.2. The van der Waals surface area contributed by atoms with Gasteiger partial charge in [-0.1, -0.05) is 131 Å². The summed E-state index contributed by atoms with van der Waals surface area (Å²) in [5.74, 6) is 3.32. The van der Waals surface area contributed by atoms with Crippen LogP contribution in [0.5, 0.6) is 11.5 Å². The molecule has 16 rings (SSSR count). The minimum atomic E-state index is -1.04. The zero-order chi connectivity index (χ0) is 97.6. The number of methoxy groups -OCH3 is 6. The second-order valence-corrected chi connectivity index (χ2v) is 38.3. The average Bonchev–Trinajstić information content (AvgIpc) is 1.52. The van der Waals surface area contributed by atoms with E-state index in [1.54, 1.807) is 26.0 Å². The lowest BCUT2D eigenvalue weighted by Crippen LogP contribution is -2.51. The van der Waals surface area contributed by atoms with Crippen molar-refractivity contribution in [2.75, 3.05) is 82.1 Å². The van der Waals surface area contributed by atoms with Gasteiger partial charge < -0.3 is 104 Å². The van der Waals surface area contributed by atoms with Gasteiger partial charge in [0.2, 0.25) is 17.7 Å². The number of carboxylic acid groups (broad SMARTS) is 1. The third-order valence-electron chi connectivity index (χ3n) is 27.6. The van der Waals surface area contributed by atoms with Gasteiger partial charge in [0.25, 0.3) is 0 Å². The van der Waals surface area contributed by atoms with Gasteiger partial charge in [-0.25, -0.2) is 48.7 Å². The Morgan fingerprint density at radius 3 is 1.18 bits per heavy atom. The van der Waals surface area contributed by atoms with Gasteiger partial charge >= 0.3 is 36.4 Å². The molecule has 0 saturated carbocycles. The van der Waals surface area contributed by atoms with Crippen molar-refractivity contribution in [1.82, 2.24) is 80.7 Å². The van der Waals surface area contributed by atoms with Gasteiger partial charge in [0.05, 0.1) is 112 Å². The van der Waals surface area contributed by atoms with Gasteiger partial charge in [-0.05, 0) is 175 Å². The molecule has 35 nitrogen and oxygen atoms in total. The fourth-order valence-electron chi connectivity index (χ4n) is 19.5. The number of carbonyl (C=O) groups is 9. The fourth-order valence-corrected chi connectivity index (χ4v) is 19.5. The summed E-state index contributed by atoms with van der Waals surface area (Å²) in [6, 6.07) is 25.2. The van der Waals surface area contributed by atoms with Crippen LogP contribution < -0.4 is 30.7 Å². The van der Waals surface area contributed by atoms with Gasteiger partial charge in [0.1, 0.15) is 77.8 Å². The van der Waals surface area contributed by atoms with E-state index in [1.807, 2.05) is 108 Å². The van der Waals surface area contributed by atoms with Crippen LogP contribution in [0.3, 0.4) is 0 Å². The van der Waals surface area contributed by atoms with Gasteiger partial charge in [-0.15, -0.1) is 0 Å². The number of hydrogen-bond acceptors (Lipinski definition) is 22. The Labute approximate surface area is 791 Å². The molecule has 0 bridgehead atoms. The number of likely N-dealkylation sites (tertiary alicyclic amines) is 4. The number of hydrogen-bond donors (Lipinski definition) is 9. The molecule has 4 fully saturated rings. The zero-order valence-electron chi connectivity index (χ0n) is 81.2. The third kappa shape index (κ3) is 21.3. The van der Waals surface area contributed by atoms with Crippen molar-refractivity contribution in [3.05, 3.63) is 132 Å². The van der Waals surface area contributed by atoms with Crippen molar-refractivity contribution in [3.63, 3.8) is 0 Å². The number of fused-ring (bicyclic) bond motifs is 12. The van der Waals surface area contributed by atoms with Gasteiger partial charge in [-0.3, -0.25) is 19.3 Å². The Balaban J connectivity index is 0.000000193. The zero-order valence-corrected chi connectivity index (χ0v) is 81.2. The van der Waals surface area contributed by atoms with Crippen LogP contribution in [0.1, 0.15) is 200 Å². The summed E-state index contributed by atoms with van der Waals surface area (Å²) in [6.07, 6.45) is 6.41. The van der Waals surface area contributed by atoms with Crippen LogP contribution in [-0.4, -0.2) is 231 Å². The molecule has 16 atom stereocenters. The number of nitrogens with one attached hydrogen (secondary N) is 8. The Morgan fingerprint density at radius 1 is 0.449 bits per heavy atom. The van der Waals surface area contributed by atoms with Gasteiger partial charge in [0, 0.05) is 74.1 Å². The number of carboxylic acids is 1. The molecule has 6 aliphatic rings. The lowest BCUT2D eigenvalue weighted by molar-refractivity contribution is -0.141. The van der Waals surface area contributed by atoms with E-state index in [0.29, 0.717) is 83.5 Å². The molecular weight excluding hydrogens is 1740 g/mol. The summed E-state index contributed by atoms with van der Waals surface area (Å²) in [5.41, 5.74) is 12.6. The van der Waals surface area contributed by atoms with Crippen molar-refractivity contribution in [2.45, 2.75) is 209 Å². The van der Waals surface area contributed by atoms with E-state index in [2.05, 4.69) is 133 Å². The molecule has 6 aromatic carbocycles. The van der Waals surface area contributed by atoms with Crippen LogP contribution in [0.15, 0.2) is 97.3 Å². The summed E-state index contributed by atoms with van der Waals surface area (Å²) in [4.78, 5) is 155. The predicted octanol–water partition coefficient (Wildman–Crippen LogP) is 16.8. The van der Waals surface area contributed by atoms with Crippen LogP contribution in [-0.2, 0) is 65.5 Å². The summed E-state index contributed by atoms with van der Waals surface area (Å²) >= 11 is 0. The Hall–Kier alpha value is -13.1. The highest BCUT2D eigenvalue weighted by molar-refractivity contribution is 6.08. The van der Waals surface area contributed by atoms with E-state index >= 15 is 0 Å². The monoisotopic (exact) mass is 1870 g/mol. The van der Waals surface area contributed by atoms with E-state index in [9.17, 15) is 43.2 Å². The summed E-state index contributed by atoms with van der Waals surface area (Å²) in [5, 5.41) is 23.3. The second kappa shape index (κ2) is 42.5. The smallest absolute Gasteiger partial charge is 0.410 e. The minimum absolute atomic E-state index is 0.0690. The quantitative estimate of drug-likeness (QED) is 0.0227. The van der Waals surface area contributed by atoms with E-state index in [4.69, 9.17) is 62.9 Å². The minimum Gasteiger partial charge on any atom is -0.488 e. The number of aromatic nitrogens is 8. The van der Waals surface area contributed by atoms with Crippen LogP contribution in [0.4, 0.5) is 24.0 Å². The fraction of sp³-hybridized carbons (Fsp3) is 0.515. The first-order valence-electron chi connectivity index (χ1n) is 47.2. The number of imidazole rings is 4. The normalized spacial score (nSPS) is 20.5. The van der Waals surface area contributed by atoms with E-state index < -0.39 is 60.1 Å². The summed E-state index contributed by atoms with van der Waals surface area (Å²) in [7, 11) is 8.45. The largest absolute Gasteiger partial charge is 0.488 e. The van der Waals surface area contributed by atoms with Crippen molar-refractivity contribution < 1.29 is 90.9 Å². The number of aliphatic carboxylic acids is 1. The number of ether oxygens (including phenoxy) is 9. The molecule has 136 heavy (non-hydrogen) atoms. The predicted molar refractivity (Wildman–Crippen MR) is 511 cm³/mol. The Morgan fingerprint density at radius 2 is 0.809 bits per heavy atom. The molecule has 4 saturated heterocycles. The van der Waals surface area contributed by atoms with E-state index in [-0.39, 0.29) is 95.3 Å². The maximum Gasteiger partial charge on any atom is 0.410 e. The molecule has 6 aliphatic heterocycles. The number of rotatable bonds is 26. The molecule has 0 aliphatic carbocycles. The maximum atomic E-state index is 14.2. The Bertz CT molecular complexity index is 6060. The third-order valence-corrected chi connectivity index (χ3v) is 27.6. The van der Waals surface area contributed by atoms with Crippen molar-refractivity contribution in [1.29, 1.82) is 0 Å².